The zero-order chi connectivity index (χ0) is 17.5. The van der Waals surface area contributed by atoms with Crippen LogP contribution in [0.25, 0.3) is 0 Å². The molecular weight excluding hydrogens is 308 g/mol. The van der Waals surface area contributed by atoms with Crippen LogP contribution in [-0.4, -0.2) is 29.0 Å². The summed E-state index contributed by atoms with van der Waals surface area (Å²) in [5.41, 5.74) is 8.45. The molecular formula is C18H22N2O4. The molecule has 0 saturated heterocycles. The summed E-state index contributed by atoms with van der Waals surface area (Å²) in [5, 5.41) is 22.7. The number of anilines is 1. The van der Waals surface area contributed by atoms with Gasteiger partial charge in [-0.1, -0.05) is 36.4 Å². The van der Waals surface area contributed by atoms with Gasteiger partial charge in [0.2, 0.25) is 0 Å². The van der Waals surface area contributed by atoms with Crippen molar-refractivity contribution in [3.63, 3.8) is 0 Å². The van der Waals surface area contributed by atoms with Crippen molar-refractivity contribution >= 4 is 11.8 Å². The van der Waals surface area contributed by atoms with E-state index in [1.807, 2.05) is 30.3 Å². The molecule has 6 heteroatoms. The molecule has 2 aromatic carbocycles. The molecule has 0 heterocycles. The number of benzene rings is 2. The number of amides is 1. The summed E-state index contributed by atoms with van der Waals surface area (Å²) in [6, 6.07) is 14.3. The van der Waals surface area contributed by atoms with Crippen LogP contribution in [0.15, 0.2) is 48.5 Å². The van der Waals surface area contributed by atoms with Crippen molar-refractivity contribution in [2.75, 3.05) is 12.3 Å². The van der Waals surface area contributed by atoms with Crippen molar-refractivity contribution in [1.82, 2.24) is 5.32 Å². The van der Waals surface area contributed by atoms with Crippen LogP contribution in [0.2, 0.25) is 0 Å². The summed E-state index contributed by atoms with van der Waals surface area (Å²) >= 11 is 0. The smallest absolute Gasteiger partial charge is 0.407 e. The Hall–Kier alpha value is -2.57. The minimum atomic E-state index is -1.16. The van der Waals surface area contributed by atoms with Crippen molar-refractivity contribution in [2.24, 2.45) is 0 Å². The first-order valence-electron chi connectivity index (χ1n) is 7.64. The summed E-state index contributed by atoms with van der Waals surface area (Å²) in [5.74, 6) is 0. The number of aliphatic hydroxyl groups is 2. The first-order chi connectivity index (χ1) is 11.5. The maximum atomic E-state index is 11.6. The molecule has 1 amide bonds. The molecule has 0 aromatic heterocycles. The van der Waals surface area contributed by atoms with Gasteiger partial charge in [-0.25, -0.2) is 4.79 Å². The van der Waals surface area contributed by atoms with Crippen molar-refractivity contribution in [3.05, 3.63) is 65.2 Å². The number of aliphatic hydroxyl groups excluding tert-OH is 2. The molecule has 0 spiro atoms. The fourth-order valence-electron chi connectivity index (χ4n) is 2.31. The molecule has 2 aromatic rings. The van der Waals surface area contributed by atoms with Gasteiger partial charge >= 0.3 is 6.09 Å². The number of carbonyl (C=O) groups excluding carboxylic acids is 1. The lowest BCUT2D eigenvalue weighted by Crippen LogP contribution is -2.36. The van der Waals surface area contributed by atoms with Gasteiger partial charge in [-0.05, 0) is 35.7 Å². The molecule has 2 atom stereocenters. The summed E-state index contributed by atoms with van der Waals surface area (Å²) in [6.45, 7) is 1.81. The molecule has 6 nitrogen and oxygen atoms in total. The van der Waals surface area contributed by atoms with Gasteiger partial charge < -0.3 is 26.0 Å². The normalized spacial score (nSPS) is 13.1. The lowest BCUT2D eigenvalue weighted by Gasteiger charge is -2.20. The first-order valence-corrected chi connectivity index (χ1v) is 7.64. The number of aryl methyl sites for hydroxylation is 1. The highest BCUT2D eigenvalue weighted by Gasteiger charge is 2.21. The monoisotopic (exact) mass is 330 g/mol. The van der Waals surface area contributed by atoms with Crippen LogP contribution in [0.1, 0.15) is 22.8 Å². The van der Waals surface area contributed by atoms with Crippen LogP contribution in [-0.2, 0) is 11.3 Å². The van der Waals surface area contributed by atoms with E-state index in [2.05, 4.69) is 5.32 Å². The molecule has 0 aliphatic heterocycles. The van der Waals surface area contributed by atoms with Gasteiger partial charge in [0.05, 0.1) is 0 Å². The Labute approximate surface area is 140 Å². The summed E-state index contributed by atoms with van der Waals surface area (Å²) in [4.78, 5) is 11.6. The summed E-state index contributed by atoms with van der Waals surface area (Å²) in [7, 11) is 0. The van der Waals surface area contributed by atoms with Gasteiger partial charge in [0.15, 0.2) is 0 Å². The Morgan fingerprint density at radius 3 is 2.58 bits per heavy atom. The van der Waals surface area contributed by atoms with Crippen LogP contribution < -0.4 is 11.1 Å². The molecule has 128 valence electrons. The Morgan fingerprint density at radius 1 is 1.21 bits per heavy atom. The minimum Gasteiger partial charge on any atom is -0.445 e. The molecule has 0 aliphatic carbocycles. The van der Waals surface area contributed by atoms with E-state index in [0.29, 0.717) is 11.3 Å². The number of ether oxygens (including phenoxy) is 1. The zero-order valence-corrected chi connectivity index (χ0v) is 13.5. The predicted molar refractivity (Wildman–Crippen MR) is 91.2 cm³/mol. The molecule has 0 saturated carbocycles. The molecule has 2 unspecified atom stereocenters. The van der Waals surface area contributed by atoms with E-state index >= 15 is 0 Å². The van der Waals surface area contributed by atoms with Gasteiger partial charge in [0, 0.05) is 12.2 Å². The third-order valence-corrected chi connectivity index (χ3v) is 3.65. The second-order valence-electron chi connectivity index (χ2n) is 5.57. The van der Waals surface area contributed by atoms with Crippen molar-refractivity contribution in [2.45, 2.75) is 25.7 Å². The van der Waals surface area contributed by atoms with Crippen molar-refractivity contribution < 1.29 is 19.7 Å². The van der Waals surface area contributed by atoms with E-state index in [1.165, 1.54) is 0 Å². The lowest BCUT2D eigenvalue weighted by molar-refractivity contribution is 0.0180. The minimum absolute atomic E-state index is 0.126. The van der Waals surface area contributed by atoms with Gasteiger partial charge in [0.25, 0.3) is 0 Å². The number of nitrogen functional groups attached to an aromatic ring is 1. The van der Waals surface area contributed by atoms with Crippen LogP contribution >= 0.6 is 0 Å². The standard InChI is InChI=1S/C18H22N2O4/c1-12-9-14(19)7-8-15(12)17(22)16(21)10-20-18(23)24-11-13-5-3-2-4-6-13/h2-9,16-17,21-22H,10-11,19H2,1H3,(H,20,23). The SMILES string of the molecule is Cc1cc(N)ccc1C(O)C(O)CNC(=O)OCc1ccccc1. The number of hydrogen-bond donors (Lipinski definition) is 4. The van der Waals surface area contributed by atoms with E-state index in [9.17, 15) is 15.0 Å². The highest BCUT2D eigenvalue weighted by Crippen LogP contribution is 2.22. The molecule has 0 aliphatic rings. The maximum Gasteiger partial charge on any atom is 0.407 e. The molecule has 0 radical (unpaired) electrons. The predicted octanol–water partition coefficient (Wildman–Crippen LogP) is 1.90. The molecule has 24 heavy (non-hydrogen) atoms. The number of nitrogens with one attached hydrogen (secondary N) is 1. The Bertz CT molecular complexity index is 676. The van der Waals surface area contributed by atoms with Gasteiger partial charge in [-0.2, -0.15) is 0 Å². The van der Waals surface area contributed by atoms with Crippen LogP contribution in [0.3, 0.4) is 0 Å². The number of hydrogen-bond acceptors (Lipinski definition) is 5. The van der Waals surface area contributed by atoms with Crippen LogP contribution in [0.5, 0.6) is 0 Å². The number of carbonyl (C=O) groups is 1. The number of rotatable bonds is 6. The largest absolute Gasteiger partial charge is 0.445 e. The van der Waals surface area contributed by atoms with E-state index in [-0.39, 0.29) is 13.2 Å². The van der Waals surface area contributed by atoms with Gasteiger partial charge in [-0.15, -0.1) is 0 Å². The van der Waals surface area contributed by atoms with E-state index in [1.54, 1.807) is 25.1 Å². The fourth-order valence-corrected chi connectivity index (χ4v) is 2.31. The van der Waals surface area contributed by atoms with Gasteiger partial charge in [-0.3, -0.25) is 0 Å². The number of alkyl carbamates (subject to hydrolysis) is 1. The highest BCUT2D eigenvalue weighted by molar-refractivity contribution is 5.67. The second-order valence-corrected chi connectivity index (χ2v) is 5.57. The van der Waals surface area contributed by atoms with E-state index in [4.69, 9.17) is 10.5 Å². The molecule has 0 bridgehead atoms. The van der Waals surface area contributed by atoms with Crippen molar-refractivity contribution in [1.29, 1.82) is 0 Å². The average Bonchev–Trinajstić information content (AvgIpc) is 2.58. The highest BCUT2D eigenvalue weighted by atomic mass is 16.5. The zero-order valence-electron chi connectivity index (χ0n) is 13.5. The Balaban J connectivity index is 1.81. The maximum absolute atomic E-state index is 11.6. The molecule has 5 N–H and O–H groups in total. The topological polar surface area (TPSA) is 105 Å². The molecule has 2 rings (SSSR count). The van der Waals surface area contributed by atoms with Crippen molar-refractivity contribution in [3.8, 4) is 0 Å². The summed E-state index contributed by atoms with van der Waals surface area (Å²) in [6.07, 6.45) is -2.93. The van der Waals surface area contributed by atoms with Crippen LogP contribution in [0.4, 0.5) is 10.5 Å². The number of nitrogens with two attached hydrogens (primary N) is 1. The molecule has 0 fully saturated rings. The average molecular weight is 330 g/mol. The lowest BCUT2D eigenvalue weighted by atomic mass is 9.99. The second kappa shape index (κ2) is 8.33. The third-order valence-electron chi connectivity index (χ3n) is 3.65. The quantitative estimate of drug-likeness (QED) is 0.606. The Morgan fingerprint density at radius 2 is 1.92 bits per heavy atom. The summed E-state index contributed by atoms with van der Waals surface area (Å²) < 4.78 is 5.04. The van der Waals surface area contributed by atoms with E-state index < -0.39 is 18.3 Å². The Kier molecular flexibility index (Phi) is 6.17. The third kappa shape index (κ3) is 4.97. The first kappa shape index (κ1) is 17.8. The van der Waals surface area contributed by atoms with E-state index in [0.717, 1.165) is 11.1 Å². The fraction of sp³-hybridized carbons (Fsp3) is 0.278. The van der Waals surface area contributed by atoms with Crippen LogP contribution in [0, 0.1) is 6.92 Å². The van der Waals surface area contributed by atoms with Gasteiger partial charge in [0.1, 0.15) is 18.8 Å².